The quantitative estimate of drug-likeness (QED) is 0.735. The fourth-order valence-electron chi connectivity index (χ4n) is 1.17. The van der Waals surface area contributed by atoms with Gasteiger partial charge in [0.1, 0.15) is 6.67 Å². The van der Waals surface area contributed by atoms with E-state index in [9.17, 15) is 9.18 Å². The van der Waals surface area contributed by atoms with Crippen molar-refractivity contribution in [2.24, 2.45) is 5.73 Å². The van der Waals surface area contributed by atoms with E-state index in [0.29, 0.717) is 5.56 Å². The molecule has 0 fully saturated rings. The van der Waals surface area contributed by atoms with E-state index in [4.69, 9.17) is 5.73 Å². The lowest BCUT2D eigenvalue weighted by Gasteiger charge is -2.23. The molecule has 1 unspecified atom stereocenters. The lowest BCUT2D eigenvalue weighted by atomic mass is 9.93. The van der Waals surface area contributed by atoms with Crippen molar-refractivity contribution in [3.63, 3.8) is 0 Å². The van der Waals surface area contributed by atoms with Gasteiger partial charge < -0.3 is 10.5 Å². The monoisotopic (exact) mass is 197 g/mol. The number of carbonyl (C=O) groups excluding carboxylic acids is 1. The van der Waals surface area contributed by atoms with Crippen molar-refractivity contribution in [3.05, 3.63) is 35.9 Å². The number of esters is 1. The summed E-state index contributed by atoms with van der Waals surface area (Å²) in [6, 6.07) is 8.33. The first-order chi connectivity index (χ1) is 6.65. The van der Waals surface area contributed by atoms with E-state index in [0.717, 1.165) is 0 Å². The summed E-state index contributed by atoms with van der Waals surface area (Å²) in [6.07, 6.45) is 0. The lowest BCUT2D eigenvalue weighted by molar-refractivity contribution is -0.148. The summed E-state index contributed by atoms with van der Waals surface area (Å²) in [7, 11) is 1.18. The van der Waals surface area contributed by atoms with Gasteiger partial charge in [0.15, 0.2) is 5.54 Å². The number of halogens is 1. The van der Waals surface area contributed by atoms with Crippen LogP contribution in [-0.2, 0) is 15.1 Å². The number of methoxy groups -OCH3 is 1. The maximum absolute atomic E-state index is 12.7. The predicted octanol–water partition coefficient (Wildman–Crippen LogP) is 0.983. The number of hydrogen-bond donors (Lipinski definition) is 1. The molecule has 76 valence electrons. The highest BCUT2D eigenvalue weighted by Crippen LogP contribution is 2.20. The standard InChI is InChI=1S/C10H12FNO2/c1-14-9(13)10(12,7-11)8-5-3-2-4-6-8/h2-6H,7,12H2,1H3. The Labute approximate surface area is 81.7 Å². The normalized spacial score (nSPS) is 14.5. The SMILES string of the molecule is COC(=O)C(N)(CF)c1ccccc1. The molecule has 0 aromatic heterocycles. The number of benzene rings is 1. The number of rotatable bonds is 3. The third-order valence-electron chi connectivity index (χ3n) is 2.05. The van der Waals surface area contributed by atoms with E-state index in [1.54, 1.807) is 30.3 Å². The smallest absolute Gasteiger partial charge is 0.333 e. The van der Waals surface area contributed by atoms with E-state index in [1.807, 2.05) is 0 Å². The minimum atomic E-state index is -1.68. The first-order valence-corrected chi connectivity index (χ1v) is 4.14. The molecule has 2 N–H and O–H groups in total. The summed E-state index contributed by atoms with van der Waals surface area (Å²) in [5, 5.41) is 0. The van der Waals surface area contributed by atoms with E-state index < -0.39 is 18.2 Å². The van der Waals surface area contributed by atoms with Crippen LogP contribution in [0.25, 0.3) is 0 Å². The fourth-order valence-corrected chi connectivity index (χ4v) is 1.17. The minimum Gasteiger partial charge on any atom is -0.467 e. The molecule has 0 aliphatic carbocycles. The Balaban J connectivity index is 3.08. The van der Waals surface area contributed by atoms with E-state index in [1.165, 1.54) is 7.11 Å². The van der Waals surface area contributed by atoms with Crippen molar-refractivity contribution >= 4 is 5.97 Å². The predicted molar refractivity (Wildman–Crippen MR) is 50.3 cm³/mol. The summed E-state index contributed by atoms with van der Waals surface area (Å²) in [4.78, 5) is 11.3. The Morgan fingerprint density at radius 1 is 1.50 bits per heavy atom. The summed E-state index contributed by atoms with van der Waals surface area (Å²) in [5.74, 6) is -0.772. The van der Waals surface area contributed by atoms with Crippen molar-refractivity contribution < 1.29 is 13.9 Å². The van der Waals surface area contributed by atoms with Gasteiger partial charge in [0.25, 0.3) is 0 Å². The van der Waals surface area contributed by atoms with Crippen molar-refractivity contribution in [2.75, 3.05) is 13.8 Å². The molecule has 3 nitrogen and oxygen atoms in total. The molecule has 0 radical (unpaired) electrons. The van der Waals surface area contributed by atoms with Crippen molar-refractivity contribution in [2.45, 2.75) is 5.54 Å². The Morgan fingerprint density at radius 2 is 2.07 bits per heavy atom. The second kappa shape index (κ2) is 4.19. The summed E-state index contributed by atoms with van der Waals surface area (Å²) in [6.45, 7) is -0.982. The van der Waals surface area contributed by atoms with Crippen molar-refractivity contribution in [1.82, 2.24) is 0 Å². The van der Waals surface area contributed by atoms with Crippen LogP contribution in [-0.4, -0.2) is 19.8 Å². The molecule has 0 saturated carbocycles. The highest BCUT2D eigenvalue weighted by molar-refractivity contribution is 5.82. The molecule has 0 spiro atoms. The van der Waals surface area contributed by atoms with Crippen LogP contribution < -0.4 is 5.73 Å². The van der Waals surface area contributed by atoms with Gasteiger partial charge in [0.05, 0.1) is 7.11 Å². The van der Waals surface area contributed by atoms with Gasteiger partial charge in [-0.05, 0) is 5.56 Å². The molecule has 0 bridgehead atoms. The zero-order valence-corrected chi connectivity index (χ0v) is 7.87. The summed E-state index contributed by atoms with van der Waals surface area (Å²) < 4.78 is 17.2. The molecule has 0 aliphatic heterocycles. The molecule has 1 aromatic carbocycles. The number of hydrogen-bond acceptors (Lipinski definition) is 3. The number of nitrogens with two attached hydrogens (primary N) is 1. The van der Waals surface area contributed by atoms with Crippen LogP contribution in [0.1, 0.15) is 5.56 Å². The number of carbonyl (C=O) groups is 1. The van der Waals surface area contributed by atoms with Crippen LogP contribution in [0, 0.1) is 0 Å². The van der Waals surface area contributed by atoms with E-state index >= 15 is 0 Å². The van der Waals surface area contributed by atoms with Crippen molar-refractivity contribution in [3.8, 4) is 0 Å². The van der Waals surface area contributed by atoms with Crippen LogP contribution >= 0.6 is 0 Å². The van der Waals surface area contributed by atoms with Crippen LogP contribution in [0.3, 0.4) is 0 Å². The molecule has 1 rings (SSSR count). The van der Waals surface area contributed by atoms with Gasteiger partial charge in [-0.15, -0.1) is 0 Å². The lowest BCUT2D eigenvalue weighted by Crippen LogP contribution is -2.47. The molecule has 4 heteroatoms. The Kier molecular flexibility index (Phi) is 3.19. The number of alkyl halides is 1. The van der Waals surface area contributed by atoms with Gasteiger partial charge in [-0.2, -0.15) is 0 Å². The topological polar surface area (TPSA) is 52.3 Å². The molecule has 0 amide bonds. The number of ether oxygens (including phenoxy) is 1. The van der Waals surface area contributed by atoms with Gasteiger partial charge in [-0.1, -0.05) is 30.3 Å². The molecule has 0 heterocycles. The highest BCUT2D eigenvalue weighted by Gasteiger charge is 2.37. The Hall–Kier alpha value is -1.42. The fraction of sp³-hybridized carbons (Fsp3) is 0.300. The Bertz CT molecular complexity index is 315. The molecular formula is C10H12FNO2. The maximum Gasteiger partial charge on any atom is 0.333 e. The van der Waals surface area contributed by atoms with Crippen LogP contribution in [0.5, 0.6) is 0 Å². The minimum absolute atomic E-state index is 0.411. The zero-order chi connectivity index (χ0) is 10.6. The highest BCUT2D eigenvalue weighted by atomic mass is 19.1. The second-order valence-electron chi connectivity index (χ2n) is 2.96. The van der Waals surface area contributed by atoms with Gasteiger partial charge in [0, 0.05) is 0 Å². The van der Waals surface area contributed by atoms with Gasteiger partial charge in [-0.3, -0.25) is 0 Å². The summed E-state index contributed by atoms with van der Waals surface area (Å²) >= 11 is 0. The summed E-state index contributed by atoms with van der Waals surface area (Å²) in [5.41, 5.74) is 4.35. The van der Waals surface area contributed by atoms with Gasteiger partial charge in [-0.25, -0.2) is 9.18 Å². The molecule has 0 saturated heterocycles. The van der Waals surface area contributed by atoms with Crippen LogP contribution in [0.2, 0.25) is 0 Å². The van der Waals surface area contributed by atoms with Crippen LogP contribution in [0.15, 0.2) is 30.3 Å². The average molecular weight is 197 g/mol. The average Bonchev–Trinajstić information content (AvgIpc) is 2.28. The zero-order valence-electron chi connectivity index (χ0n) is 7.87. The first kappa shape index (κ1) is 10.7. The molecule has 1 atom stereocenters. The third kappa shape index (κ3) is 1.75. The second-order valence-corrected chi connectivity index (χ2v) is 2.96. The van der Waals surface area contributed by atoms with Crippen LogP contribution in [0.4, 0.5) is 4.39 Å². The van der Waals surface area contributed by atoms with E-state index in [-0.39, 0.29) is 0 Å². The Morgan fingerprint density at radius 3 is 2.50 bits per heavy atom. The molecular weight excluding hydrogens is 185 g/mol. The molecule has 1 aromatic rings. The van der Waals surface area contributed by atoms with Crippen molar-refractivity contribution in [1.29, 1.82) is 0 Å². The third-order valence-corrected chi connectivity index (χ3v) is 2.05. The van der Waals surface area contributed by atoms with E-state index in [2.05, 4.69) is 4.74 Å². The molecule has 0 aliphatic rings. The first-order valence-electron chi connectivity index (χ1n) is 4.14. The largest absolute Gasteiger partial charge is 0.467 e. The molecule has 14 heavy (non-hydrogen) atoms. The van der Waals surface area contributed by atoms with Gasteiger partial charge in [0.2, 0.25) is 0 Å². The maximum atomic E-state index is 12.7. The van der Waals surface area contributed by atoms with Gasteiger partial charge >= 0.3 is 5.97 Å².